The summed E-state index contributed by atoms with van der Waals surface area (Å²) in [5.74, 6) is 0.799. The Labute approximate surface area is 257 Å². The van der Waals surface area contributed by atoms with Crippen LogP contribution < -0.4 is 0 Å². The molecule has 0 spiro atoms. The lowest BCUT2D eigenvalue weighted by Crippen LogP contribution is -2.38. The Kier molecular flexibility index (Phi) is 10.6. The van der Waals surface area contributed by atoms with Crippen LogP contribution in [0.1, 0.15) is 123 Å². The summed E-state index contributed by atoms with van der Waals surface area (Å²) >= 11 is 0. The van der Waals surface area contributed by atoms with Gasteiger partial charge in [-0.25, -0.2) is 0 Å². The Morgan fingerprint density at radius 1 is 0.643 bits per heavy atom. The number of rotatable bonds is 8. The molecule has 1 fully saturated rings. The van der Waals surface area contributed by atoms with Gasteiger partial charge in [0.15, 0.2) is 0 Å². The standard InChI is InChI=1S/C37H60N2O3/c1-34(2,3)28-20-26(32(40)30(22-28)36(7,8)9)24-39(15-13-14-38-16-18-42-19-17-38)25-27-21-29(35(4,5)6)23-31(33(27)41)37(10,11)12/h20-23,40-41H,13-19,24-25H2,1-12H3. The first-order chi connectivity index (χ1) is 19.2. The summed E-state index contributed by atoms with van der Waals surface area (Å²) in [6.07, 6.45) is 1.01. The SMILES string of the molecule is CC(C)(C)c1cc(CN(CCCN2CCOCC2)Cc2cc(C(C)(C)C)cc(C(C)(C)C)c2O)c(O)c(C(C)(C)C)c1. The van der Waals surface area contributed by atoms with Crippen LogP contribution in [-0.2, 0) is 39.5 Å². The maximum atomic E-state index is 11.6. The van der Waals surface area contributed by atoms with Crippen LogP contribution in [0, 0.1) is 0 Å². The number of benzene rings is 2. The van der Waals surface area contributed by atoms with E-state index in [2.05, 4.69) is 117 Å². The second kappa shape index (κ2) is 12.9. The molecule has 0 aromatic heterocycles. The van der Waals surface area contributed by atoms with E-state index in [4.69, 9.17) is 4.74 Å². The summed E-state index contributed by atoms with van der Waals surface area (Å²) in [5, 5.41) is 23.2. The topological polar surface area (TPSA) is 56.2 Å². The zero-order chi connectivity index (χ0) is 31.7. The van der Waals surface area contributed by atoms with Crippen molar-refractivity contribution < 1.29 is 14.9 Å². The van der Waals surface area contributed by atoms with E-state index in [0.717, 1.165) is 68.1 Å². The normalized spacial score (nSPS) is 15.9. The number of hydrogen-bond acceptors (Lipinski definition) is 5. The quantitative estimate of drug-likeness (QED) is 0.331. The van der Waals surface area contributed by atoms with Crippen molar-refractivity contribution in [3.63, 3.8) is 0 Å². The van der Waals surface area contributed by atoms with Gasteiger partial charge in [0.1, 0.15) is 11.5 Å². The molecule has 5 heteroatoms. The average Bonchev–Trinajstić information content (AvgIpc) is 2.84. The predicted molar refractivity (Wildman–Crippen MR) is 177 cm³/mol. The molecule has 3 rings (SSSR count). The van der Waals surface area contributed by atoms with Crippen molar-refractivity contribution in [3.8, 4) is 11.5 Å². The molecule has 0 bridgehead atoms. The van der Waals surface area contributed by atoms with Gasteiger partial charge in [0, 0.05) is 43.9 Å². The van der Waals surface area contributed by atoms with Crippen molar-refractivity contribution >= 4 is 0 Å². The molecule has 1 aliphatic rings. The molecule has 1 heterocycles. The maximum absolute atomic E-state index is 11.6. The Balaban J connectivity index is 2.05. The highest BCUT2D eigenvalue weighted by Crippen LogP contribution is 2.40. The number of phenolic OH excluding ortho intramolecular Hbond substituents is 2. The van der Waals surface area contributed by atoms with Crippen LogP contribution in [0.3, 0.4) is 0 Å². The van der Waals surface area contributed by atoms with Crippen molar-refractivity contribution in [3.05, 3.63) is 57.6 Å². The molecule has 5 nitrogen and oxygen atoms in total. The fraction of sp³-hybridized carbons (Fsp3) is 0.676. The third-order valence-corrected chi connectivity index (χ3v) is 8.57. The minimum absolute atomic E-state index is 0.0372. The highest BCUT2D eigenvalue weighted by Gasteiger charge is 2.28. The van der Waals surface area contributed by atoms with E-state index in [1.54, 1.807) is 0 Å². The van der Waals surface area contributed by atoms with E-state index in [1.807, 2.05) is 0 Å². The molecule has 1 aliphatic heterocycles. The fourth-order valence-electron chi connectivity index (χ4n) is 5.68. The van der Waals surface area contributed by atoms with Gasteiger partial charge in [0.2, 0.25) is 0 Å². The summed E-state index contributed by atoms with van der Waals surface area (Å²) in [7, 11) is 0. The van der Waals surface area contributed by atoms with E-state index < -0.39 is 0 Å². The first kappa shape index (κ1) is 34.4. The number of morpholine rings is 1. The number of phenols is 2. The van der Waals surface area contributed by atoms with Crippen molar-refractivity contribution in [2.24, 2.45) is 0 Å². The van der Waals surface area contributed by atoms with Gasteiger partial charge in [-0.2, -0.15) is 0 Å². The van der Waals surface area contributed by atoms with E-state index in [9.17, 15) is 10.2 Å². The Bertz CT molecular complexity index is 1120. The average molecular weight is 581 g/mol. The zero-order valence-corrected chi connectivity index (χ0v) is 28.9. The molecule has 2 aromatic rings. The molecule has 0 amide bonds. The molecule has 1 saturated heterocycles. The molecular formula is C37H60N2O3. The second-order valence-electron chi connectivity index (χ2n) is 16.6. The number of ether oxygens (including phenoxy) is 1. The van der Waals surface area contributed by atoms with Gasteiger partial charge in [-0.3, -0.25) is 9.80 Å². The molecule has 0 unspecified atom stereocenters. The van der Waals surface area contributed by atoms with Crippen LogP contribution in [0.2, 0.25) is 0 Å². The van der Waals surface area contributed by atoms with Crippen molar-refractivity contribution in [1.29, 1.82) is 0 Å². The van der Waals surface area contributed by atoms with E-state index in [1.165, 1.54) is 11.1 Å². The molecular weight excluding hydrogens is 520 g/mol. The second-order valence-corrected chi connectivity index (χ2v) is 16.6. The third-order valence-electron chi connectivity index (χ3n) is 8.57. The smallest absolute Gasteiger partial charge is 0.123 e. The fourth-order valence-corrected chi connectivity index (χ4v) is 5.68. The highest BCUT2D eigenvalue weighted by molar-refractivity contribution is 5.50. The highest BCUT2D eigenvalue weighted by atomic mass is 16.5. The van der Waals surface area contributed by atoms with Crippen LogP contribution in [0.15, 0.2) is 24.3 Å². The van der Waals surface area contributed by atoms with Gasteiger partial charge in [0.05, 0.1) is 13.2 Å². The molecule has 236 valence electrons. The van der Waals surface area contributed by atoms with Crippen molar-refractivity contribution in [2.45, 2.75) is 124 Å². The van der Waals surface area contributed by atoms with Gasteiger partial charge >= 0.3 is 0 Å². The van der Waals surface area contributed by atoms with Crippen LogP contribution >= 0.6 is 0 Å². The molecule has 0 radical (unpaired) electrons. The summed E-state index contributed by atoms with van der Waals surface area (Å²) in [4.78, 5) is 4.90. The lowest BCUT2D eigenvalue weighted by molar-refractivity contribution is 0.0358. The van der Waals surface area contributed by atoms with Crippen LogP contribution in [0.25, 0.3) is 0 Å². The van der Waals surface area contributed by atoms with E-state index in [0.29, 0.717) is 24.6 Å². The summed E-state index contributed by atoms with van der Waals surface area (Å²) in [6.45, 7) is 33.1. The molecule has 42 heavy (non-hydrogen) atoms. The minimum Gasteiger partial charge on any atom is -0.507 e. The number of aromatic hydroxyl groups is 2. The largest absolute Gasteiger partial charge is 0.507 e. The van der Waals surface area contributed by atoms with Gasteiger partial charge in [-0.1, -0.05) is 107 Å². The molecule has 0 saturated carbocycles. The van der Waals surface area contributed by atoms with Gasteiger partial charge < -0.3 is 14.9 Å². The van der Waals surface area contributed by atoms with Crippen molar-refractivity contribution in [2.75, 3.05) is 39.4 Å². The lowest BCUT2D eigenvalue weighted by Gasteiger charge is -2.32. The zero-order valence-electron chi connectivity index (χ0n) is 28.9. The van der Waals surface area contributed by atoms with E-state index >= 15 is 0 Å². The predicted octanol–water partition coefficient (Wildman–Crippen LogP) is 8.01. The summed E-state index contributed by atoms with van der Waals surface area (Å²) < 4.78 is 5.56. The van der Waals surface area contributed by atoms with Crippen LogP contribution in [-0.4, -0.2) is 59.4 Å². The Hall–Kier alpha value is -2.08. The molecule has 0 atom stereocenters. The third kappa shape index (κ3) is 8.97. The summed E-state index contributed by atoms with van der Waals surface area (Å²) in [5.41, 5.74) is 5.94. The first-order valence-corrected chi connectivity index (χ1v) is 15.9. The Morgan fingerprint density at radius 3 is 1.40 bits per heavy atom. The lowest BCUT2D eigenvalue weighted by atomic mass is 9.78. The summed E-state index contributed by atoms with van der Waals surface area (Å²) in [6, 6.07) is 8.78. The monoisotopic (exact) mass is 580 g/mol. The Morgan fingerprint density at radius 2 is 1.05 bits per heavy atom. The minimum atomic E-state index is -0.178. The molecule has 0 aliphatic carbocycles. The van der Waals surface area contributed by atoms with Crippen LogP contribution in [0.4, 0.5) is 0 Å². The molecule has 2 aromatic carbocycles. The van der Waals surface area contributed by atoms with Crippen LogP contribution in [0.5, 0.6) is 11.5 Å². The maximum Gasteiger partial charge on any atom is 0.123 e. The molecule has 2 N–H and O–H groups in total. The van der Waals surface area contributed by atoms with Gasteiger partial charge in [-0.15, -0.1) is 0 Å². The van der Waals surface area contributed by atoms with E-state index in [-0.39, 0.29) is 21.7 Å². The van der Waals surface area contributed by atoms with Gasteiger partial charge in [0.25, 0.3) is 0 Å². The first-order valence-electron chi connectivity index (χ1n) is 15.9. The van der Waals surface area contributed by atoms with Gasteiger partial charge in [-0.05, 0) is 56.9 Å². The number of hydrogen-bond donors (Lipinski definition) is 2. The van der Waals surface area contributed by atoms with Crippen molar-refractivity contribution in [1.82, 2.24) is 9.80 Å². The number of nitrogens with zero attached hydrogens (tertiary/aromatic N) is 2.